The molecular formula is C13H21NO2. The first-order valence-corrected chi connectivity index (χ1v) is 5.66. The van der Waals surface area contributed by atoms with Gasteiger partial charge in [0, 0.05) is 12.8 Å². The predicted octanol–water partition coefficient (Wildman–Crippen LogP) is 2.32. The van der Waals surface area contributed by atoms with E-state index in [2.05, 4.69) is 31.3 Å². The van der Waals surface area contributed by atoms with Crippen LogP contribution in [0.15, 0.2) is 18.2 Å². The van der Waals surface area contributed by atoms with Crippen LogP contribution in [0.5, 0.6) is 0 Å². The van der Waals surface area contributed by atoms with E-state index < -0.39 is 6.10 Å². The van der Waals surface area contributed by atoms with E-state index in [1.54, 1.807) is 14.0 Å². The molecule has 2 atom stereocenters. The summed E-state index contributed by atoms with van der Waals surface area (Å²) in [5.74, 6) is 0. The van der Waals surface area contributed by atoms with Gasteiger partial charge in [-0.05, 0) is 31.4 Å². The first kappa shape index (κ1) is 13.0. The SMILES string of the molecule is CCc1cccc(C)c1NC(OC)C(C)O. The minimum Gasteiger partial charge on any atom is -0.389 e. The second-order valence-corrected chi connectivity index (χ2v) is 4.00. The summed E-state index contributed by atoms with van der Waals surface area (Å²) >= 11 is 0. The molecule has 0 fully saturated rings. The first-order valence-electron chi connectivity index (χ1n) is 5.66. The van der Waals surface area contributed by atoms with Crippen LogP contribution in [-0.4, -0.2) is 24.5 Å². The number of nitrogens with one attached hydrogen (secondary N) is 1. The summed E-state index contributed by atoms with van der Waals surface area (Å²) in [6.07, 6.45) is 0.0426. The number of aliphatic hydroxyl groups excluding tert-OH is 1. The lowest BCUT2D eigenvalue weighted by atomic mass is 10.1. The Morgan fingerprint density at radius 1 is 1.44 bits per heavy atom. The van der Waals surface area contributed by atoms with Gasteiger partial charge in [0.15, 0.2) is 6.23 Å². The Hall–Kier alpha value is -1.06. The van der Waals surface area contributed by atoms with Crippen molar-refractivity contribution in [1.29, 1.82) is 0 Å². The summed E-state index contributed by atoms with van der Waals surface area (Å²) in [4.78, 5) is 0. The molecule has 0 amide bonds. The third kappa shape index (κ3) is 2.97. The van der Waals surface area contributed by atoms with E-state index in [0.29, 0.717) is 0 Å². The van der Waals surface area contributed by atoms with E-state index >= 15 is 0 Å². The number of para-hydroxylation sites is 1. The smallest absolute Gasteiger partial charge is 0.153 e. The predicted molar refractivity (Wildman–Crippen MR) is 66.7 cm³/mol. The monoisotopic (exact) mass is 223 g/mol. The zero-order valence-corrected chi connectivity index (χ0v) is 10.4. The molecule has 3 nitrogen and oxygen atoms in total. The molecule has 0 aliphatic carbocycles. The zero-order chi connectivity index (χ0) is 12.1. The van der Waals surface area contributed by atoms with Crippen LogP contribution in [0.2, 0.25) is 0 Å². The van der Waals surface area contributed by atoms with Crippen molar-refractivity contribution in [2.45, 2.75) is 39.5 Å². The van der Waals surface area contributed by atoms with Crippen molar-refractivity contribution in [2.24, 2.45) is 0 Å². The van der Waals surface area contributed by atoms with E-state index in [0.717, 1.165) is 12.1 Å². The maximum Gasteiger partial charge on any atom is 0.153 e. The van der Waals surface area contributed by atoms with Crippen LogP contribution in [0, 0.1) is 6.92 Å². The molecule has 0 saturated carbocycles. The largest absolute Gasteiger partial charge is 0.389 e. The van der Waals surface area contributed by atoms with E-state index in [4.69, 9.17) is 4.74 Å². The Bertz CT molecular complexity index is 337. The molecule has 0 aliphatic rings. The third-order valence-corrected chi connectivity index (χ3v) is 2.72. The summed E-state index contributed by atoms with van der Waals surface area (Å²) in [7, 11) is 1.59. The van der Waals surface area contributed by atoms with Gasteiger partial charge in [0.05, 0.1) is 6.10 Å². The second-order valence-electron chi connectivity index (χ2n) is 4.00. The number of rotatable bonds is 5. The fourth-order valence-electron chi connectivity index (χ4n) is 1.75. The van der Waals surface area contributed by atoms with Crippen molar-refractivity contribution in [1.82, 2.24) is 0 Å². The molecule has 3 heteroatoms. The van der Waals surface area contributed by atoms with Gasteiger partial charge >= 0.3 is 0 Å². The molecule has 0 aliphatic heterocycles. The molecule has 1 aromatic carbocycles. The van der Waals surface area contributed by atoms with Crippen molar-refractivity contribution in [3.8, 4) is 0 Å². The summed E-state index contributed by atoms with van der Waals surface area (Å²) in [5, 5.41) is 12.8. The van der Waals surface area contributed by atoms with Crippen LogP contribution in [0.25, 0.3) is 0 Å². The van der Waals surface area contributed by atoms with Crippen LogP contribution in [-0.2, 0) is 11.2 Å². The minimum absolute atomic E-state index is 0.369. The van der Waals surface area contributed by atoms with Gasteiger partial charge in [-0.3, -0.25) is 0 Å². The van der Waals surface area contributed by atoms with Crippen LogP contribution in [0.3, 0.4) is 0 Å². The number of aryl methyl sites for hydroxylation is 2. The quantitative estimate of drug-likeness (QED) is 0.753. The normalized spacial score (nSPS) is 14.6. The van der Waals surface area contributed by atoms with Gasteiger partial charge in [0.2, 0.25) is 0 Å². The molecule has 2 N–H and O–H groups in total. The molecule has 2 unspecified atom stereocenters. The molecule has 0 bridgehead atoms. The highest BCUT2D eigenvalue weighted by Crippen LogP contribution is 2.22. The van der Waals surface area contributed by atoms with Crippen molar-refractivity contribution in [2.75, 3.05) is 12.4 Å². The maximum absolute atomic E-state index is 9.54. The van der Waals surface area contributed by atoms with Crippen LogP contribution < -0.4 is 5.32 Å². The van der Waals surface area contributed by atoms with Gasteiger partial charge < -0.3 is 15.2 Å². The fraction of sp³-hybridized carbons (Fsp3) is 0.538. The lowest BCUT2D eigenvalue weighted by Gasteiger charge is -2.23. The highest BCUT2D eigenvalue weighted by Gasteiger charge is 2.15. The molecule has 0 aromatic heterocycles. The van der Waals surface area contributed by atoms with E-state index in [1.165, 1.54) is 11.1 Å². The summed E-state index contributed by atoms with van der Waals surface area (Å²) < 4.78 is 5.21. The van der Waals surface area contributed by atoms with Gasteiger partial charge in [-0.15, -0.1) is 0 Å². The molecule has 1 aromatic rings. The van der Waals surface area contributed by atoms with Crippen LogP contribution in [0.4, 0.5) is 5.69 Å². The number of ether oxygens (including phenoxy) is 1. The Morgan fingerprint density at radius 2 is 2.12 bits per heavy atom. The molecular weight excluding hydrogens is 202 g/mol. The number of aliphatic hydroxyl groups is 1. The van der Waals surface area contributed by atoms with Gasteiger partial charge in [0.1, 0.15) is 0 Å². The average molecular weight is 223 g/mol. The molecule has 16 heavy (non-hydrogen) atoms. The van der Waals surface area contributed by atoms with Crippen LogP contribution in [0.1, 0.15) is 25.0 Å². The lowest BCUT2D eigenvalue weighted by molar-refractivity contribution is 0.0157. The number of methoxy groups -OCH3 is 1. The number of hydrogen-bond donors (Lipinski definition) is 2. The number of anilines is 1. The molecule has 0 radical (unpaired) electrons. The highest BCUT2D eigenvalue weighted by atomic mass is 16.5. The molecule has 0 heterocycles. The van der Waals surface area contributed by atoms with Crippen molar-refractivity contribution in [3.05, 3.63) is 29.3 Å². The maximum atomic E-state index is 9.54. The Morgan fingerprint density at radius 3 is 2.62 bits per heavy atom. The number of benzene rings is 1. The number of hydrogen-bond acceptors (Lipinski definition) is 3. The molecule has 0 saturated heterocycles. The summed E-state index contributed by atoms with van der Waals surface area (Å²) in [5.41, 5.74) is 3.47. The Labute approximate surface area is 97.4 Å². The second kappa shape index (κ2) is 5.87. The van der Waals surface area contributed by atoms with Gasteiger partial charge in [0.25, 0.3) is 0 Å². The lowest BCUT2D eigenvalue weighted by Crippen LogP contribution is -2.33. The molecule has 0 spiro atoms. The van der Waals surface area contributed by atoms with Gasteiger partial charge in [-0.25, -0.2) is 0 Å². The van der Waals surface area contributed by atoms with Crippen molar-refractivity contribution >= 4 is 5.69 Å². The standard InChI is InChI=1S/C13H21NO2/c1-5-11-8-6-7-9(2)12(11)14-13(16-4)10(3)15/h6-8,10,13-15H,5H2,1-4H3. The average Bonchev–Trinajstić information content (AvgIpc) is 2.26. The van der Waals surface area contributed by atoms with Gasteiger partial charge in [-0.2, -0.15) is 0 Å². The van der Waals surface area contributed by atoms with E-state index in [9.17, 15) is 5.11 Å². The highest BCUT2D eigenvalue weighted by molar-refractivity contribution is 5.57. The minimum atomic E-state index is -0.547. The Kier molecular flexibility index (Phi) is 4.77. The summed E-state index contributed by atoms with van der Waals surface area (Å²) in [6, 6.07) is 6.18. The topological polar surface area (TPSA) is 41.5 Å². The summed E-state index contributed by atoms with van der Waals surface area (Å²) in [6.45, 7) is 5.88. The molecule has 90 valence electrons. The van der Waals surface area contributed by atoms with E-state index in [-0.39, 0.29) is 6.23 Å². The molecule has 1 rings (SSSR count). The van der Waals surface area contributed by atoms with Crippen molar-refractivity contribution in [3.63, 3.8) is 0 Å². The zero-order valence-electron chi connectivity index (χ0n) is 10.4. The van der Waals surface area contributed by atoms with Gasteiger partial charge in [-0.1, -0.05) is 25.1 Å². The Balaban J connectivity index is 2.94. The van der Waals surface area contributed by atoms with Crippen LogP contribution >= 0.6 is 0 Å². The van der Waals surface area contributed by atoms with E-state index in [1.807, 2.05) is 6.07 Å². The third-order valence-electron chi connectivity index (χ3n) is 2.72. The van der Waals surface area contributed by atoms with Crippen molar-refractivity contribution < 1.29 is 9.84 Å². The first-order chi connectivity index (χ1) is 7.60. The fourth-order valence-corrected chi connectivity index (χ4v) is 1.75.